The molecule has 2 N–H and O–H groups in total. The van der Waals surface area contributed by atoms with Gasteiger partial charge in [-0.05, 0) is 24.6 Å². The predicted molar refractivity (Wildman–Crippen MR) is 103 cm³/mol. The van der Waals surface area contributed by atoms with Gasteiger partial charge in [0.25, 0.3) is 5.91 Å². The summed E-state index contributed by atoms with van der Waals surface area (Å²) in [7, 11) is -2.17. The summed E-state index contributed by atoms with van der Waals surface area (Å²) in [5, 5.41) is 2.81. The molecule has 9 nitrogen and oxygen atoms in total. The molecular formula is C18H23N3O6S. The summed E-state index contributed by atoms with van der Waals surface area (Å²) in [5.41, 5.74) is -0.121. The van der Waals surface area contributed by atoms with Crippen molar-refractivity contribution in [1.29, 1.82) is 0 Å². The Morgan fingerprint density at radius 2 is 2.07 bits per heavy atom. The lowest BCUT2D eigenvalue weighted by Crippen LogP contribution is -2.40. The third-order valence-corrected chi connectivity index (χ3v) is 6.41. The zero-order chi connectivity index (χ0) is 20.1. The van der Waals surface area contributed by atoms with E-state index in [0.717, 1.165) is 0 Å². The van der Waals surface area contributed by atoms with E-state index in [2.05, 4.69) is 10.3 Å². The van der Waals surface area contributed by atoms with Crippen LogP contribution in [0.1, 0.15) is 16.8 Å². The van der Waals surface area contributed by atoms with Gasteiger partial charge in [0.15, 0.2) is 0 Å². The Bertz CT molecular complexity index is 1010. The Morgan fingerprint density at radius 1 is 1.32 bits per heavy atom. The monoisotopic (exact) mass is 409 g/mol. The lowest BCUT2D eigenvalue weighted by Gasteiger charge is -2.26. The van der Waals surface area contributed by atoms with Gasteiger partial charge in [-0.3, -0.25) is 9.59 Å². The predicted octanol–water partition coefficient (Wildman–Crippen LogP) is 0.315. The maximum Gasteiger partial charge on any atom is 0.256 e. The number of benzene rings is 1. The lowest BCUT2D eigenvalue weighted by atomic mass is 10.1. The Kier molecular flexibility index (Phi) is 6.45. The average molecular weight is 409 g/mol. The Balaban J connectivity index is 1.91. The number of nitrogens with one attached hydrogen (secondary N) is 2. The molecule has 2 aromatic rings. The van der Waals surface area contributed by atoms with E-state index in [-0.39, 0.29) is 28.9 Å². The second kappa shape index (κ2) is 8.82. The van der Waals surface area contributed by atoms with Gasteiger partial charge in [0.05, 0.1) is 18.1 Å². The highest BCUT2D eigenvalue weighted by molar-refractivity contribution is 7.89. The molecule has 0 radical (unpaired) electrons. The van der Waals surface area contributed by atoms with Crippen molar-refractivity contribution >= 4 is 26.8 Å². The Labute approximate surface area is 162 Å². The van der Waals surface area contributed by atoms with E-state index >= 15 is 0 Å². The number of methoxy groups -OCH3 is 1. The number of aromatic nitrogens is 1. The number of hydrogen-bond donors (Lipinski definition) is 2. The molecule has 1 amide bonds. The van der Waals surface area contributed by atoms with Crippen molar-refractivity contribution in [3.05, 3.63) is 40.2 Å². The first-order valence-corrected chi connectivity index (χ1v) is 10.4. The molecule has 10 heteroatoms. The fraction of sp³-hybridized carbons (Fsp3) is 0.444. The van der Waals surface area contributed by atoms with Crippen molar-refractivity contribution in [2.24, 2.45) is 0 Å². The number of ether oxygens (including phenoxy) is 2. The number of carbonyl (C=O) groups is 1. The first-order valence-electron chi connectivity index (χ1n) is 8.95. The molecule has 1 aliphatic heterocycles. The molecule has 0 bridgehead atoms. The van der Waals surface area contributed by atoms with Crippen LogP contribution in [0, 0.1) is 0 Å². The van der Waals surface area contributed by atoms with Crippen LogP contribution in [0.3, 0.4) is 0 Å². The Morgan fingerprint density at radius 3 is 2.79 bits per heavy atom. The largest absolute Gasteiger partial charge is 0.385 e. The third-order valence-electron chi connectivity index (χ3n) is 4.52. The van der Waals surface area contributed by atoms with Crippen molar-refractivity contribution in [3.8, 4) is 0 Å². The van der Waals surface area contributed by atoms with Gasteiger partial charge < -0.3 is 19.8 Å². The smallest absolute Gasteiger partial charge is 0.256 e. The van der Waals surface area contributed by atoms with Gasteiger partial charge in [0.2, 0.25) is 15.5 Å². The van der Waals surface area contributed by atoms with Crippen LogP contribution in [0.2, 0.25) is 0 Å². The summed E-state index contributed by atoms with van der Waals surface area (Å²) in [6.45, 7) is 2.07. The number of nitrogens with zero attached hydrogens (tertiary/aromatic N) is 1. The molecule has 1 aliphatic rings. The summed E-state index contributed by atoms with van der Waals surface area (Å²) >= 11 is 0. The van der Waals surface area contributed by atoms with Crippen LogP contribution in [0.15, 0.2) is 34.1 Å². The zero-order valence-corrected chi connectivity index (χ0v) is 16.4. The number of carbonyl (C=O) groups excluding carboxylic acids is 1. The van der Waals surface area contributed by atoms with Gasteiger partial charge >= 0.3 is 0 Å². The highest BCUT2D eigenvalue weighted by Gasteiger charge is 2.27. The quantitative estimate of drug-likeness (QED) is 0.636. The van der Waals surface area contributed by atoms with Crippen molar-refractivity contribution in [2.75, 3.05) is 46.6 Å². The standard InChI is InChI=1S/C18H23N3O6S/c1-26-8-2-5-19-18(23)15-12-20-16-4-3-13(11-14(16)17(15)22)28(24,25)21-6-9-27-10-7-21/h3-4,11-12H,2,5-10H2,1H3,(H,19,23)(H,20,22). The first kappa shape index (κ1) is 20.5. The number of pyridine rings is 1. The number of sulfonamides is 1. The fourth-order valence-corrected chi connectivity index (χ4v) is 4.41. The number of amides is 1. The van der Waals surface area contributed by atoms with E-state index in [0.29, 0.717) is 38.3 Å². The summed E-state index contributed by atoms with van der Waals surface area (Å²) in [6, 6.07) is 4.30. The van der Waals surface area contributed by atoms with E-state index in [4.69, 9.17) is 9.47 Å². The van der Waals surface area contributed by atoms with Gasteiger partial charge in [-0.1, -0.05) is 0 Å². The number of hydrogen-bond acceptors (Lipinski definition) is 6. The maximum absolute atomic E-state index is 12.8. The van der Waals surface area contributed by atoms with Crippen LogP contribution in [-0.4, -0.2) is 70.2 Å². The molecule has 0 spiro atoms. The lowest BCUT2D eigenvalue weighted by molar-refractivity contribution is 0.0730. The molecule has 2 heterocycles. The van der Waals surface area contributed by atoms with E-state index in [1.54, 1.807) is 7.11 Å². The third kappa shape index (κ3) is 4.25. The van der Waals surface area contributed by atoms with E-state index in [9.17, 15) is 18.0 Å². The van der Waals surface area contributed by atoms with Crippen LogP contribution in [-0.2, 0) is 19.5 Å². The second-order valence-electron chi connectivity index (χ2n) is 6.36. The molecular weight excluding hydrogens is 386 g/mol. The normalized spacial score (nSPS) is 15.6. The second-order valence-corrected chi connectivity index (χ2v) is 8.30. The number of fused-ring (bicyclic) bond motifs is 1. The van der Waals surface area contributed by atoms with Gasteiger partial charge in [-0.2, -0.15) is 4.31 Å². The van der Waals surface area contributed by atoms with Crippen LogP contribution in [0.5, 0.6) is 0 Å². The van der Waals surface area contributed by atoms with Crippen LogP contribution >= 0.6 is 0 Å². The molecule has 0 aliphatic carbocycles. The average Bonchev–Trinajstić information content (AvgIpc) is 2.72. The van der Waals surface area contributed by atoms with Gasteiger partial charge in [0, 0.05) is 50.5 Å². The van der Waals surface area contributed by atoms with Crippen molar-refractivity contribution < 1.29 is 22.7 Å². The Hall–Kier alpha value is -2.27. The molecule has 1 aromatic heterocycles. The zero-order valence-electron chi connectivity index (χ0n) is 15.6. The van der Waals surface area contributed by atoms with Gasteiger partial charge in [0.1, 0.15) is 5.56 Å². The highest BCUT2D eigenvalue weighted by atomic mass is 32.2. The summed E-state index contributed by atoms with van der Waals surface area (Å²) < 4.78 is 37.1. The fourth-order valence-electron chi connectivity index (χ4n) is 2.98. The van der Waals surface area contributed by atoms with Gasteiger partial charge in [-0.15, -0.1) is 0 Å². The number of rotatable bonds is 7. The topological polar surface area (TPSA) is 118 Å². The van der Waals surface area contributed by atoms with E-state index < -0.39 is 21.4 Å². The van der Waals surface area contributed by atoms with Crippen LogP contribution in [0.4, 0.5) is 0 Å². The van der Waals surface area contributed by atoms with Crippen molar-refractivity contribution in [1.82, 2.24) is 14.6 Å². The molecule has 3 rings (SSSR count). The minimum atomic E-state index is -3.74. The summed E-state index contributed by atoms with van der Waals surface area (Å²) in [4.78, 5) is 28.0. The maximum atomic E-state index is 12.8. The molecule has 0 saturated carbocycles. The van der Waals surface area contributed by atoms with Crippen LogP contribution in [0.25, 0.3) is 10.9 Å². The minimum absolute atomic E-state index is 0.0186. The molecule has 1 fully saturated rings. The molecule has 152 valence electrons. The first-order chi connectivity index (χ1) is 13.4. The van der Waals surface area contributed by atoms with Crippen molar-refractivity contribution in [2.45, 2.75) is 11.3 Å². The van der Waals surface area contributed by atoms with Crippen LogP contribution < -0.4 is 10.7 Å². The number of morpholine rings is 1. The number of aromatic amines is 1. The molecule has 0 atom stereocenters. The summed E-state index contributed by atoms with van der Waals surface area (Å²) in [6.07, 6.45) is 1.96. The van der Waals surface area contributed by atoms with Gasteiger partial charge in [-0.25, -0.2) is 8.42 Å². The molecule has 1 aromatic carbocycles. The highest BCUT2D eigenvalue weighted by Crippen LogP contribution is 2.20. The van der Waals surface area contributed by atoms with Crippen molar-refractivity contribution in [3.63, 3.8) is 0 Å². The molecule has 28 heavy (non-hydrogen) atoms. The number of H-pyrrole nitrogens is 1. The SMILES string of the molecule is COCCCNC(=O)c1c[nH]c2ccc(S(=O)(=O)N3CCOCC3)cc2c1=O. The minimum Gasteiger partial charge on any atom is -0.385 e. The molecule has 1 saturated heterocycles. The summed E-state index contributed by atoms with van der Waals surface area (Å²) in [5.74, 6) is -0.513. The van der Waals surface area contributed by atoms with E-state index in [1.165, 1.54) is 28.7 Å². The van der Waals surface area contributed by atoms with E-state index in [1.807, 2.05) is 0 Å². The molecule has 0 unspecified atom stereocenters.